The SMILES string of the molecule is COc1cnccc1C(=O)N[C@@H](CC(C)C)C(=O)N[C@@H](CC(O)O)c1cc(-c2c(C)cccc2C)cc(F)c1F. The summed E-state index contributed by atoms with van der Waals surface area (Å²) in [5.74, 6) is -3.46. The Hall–Kier alpha value is -3.89. The number of nitrogens with one attached hydrogen (secondary N) is 2. The molecular weight excluding hydrogens is 520 g/mol. The van der Waals surface area contributed by atoms with Crippen molar-refractivity contribution in [3.8, 4) is 16.9 Å². The average Bonchev–Trinajstić information content (AvgIpc) is 2.89. The number of ether oxygens (including phenoxy) is 1. The summed E-state index contributed by atoms with van der Waals surface area (Å²) in [6.07, 6.45) is 0.549. The Kier molecular flexibility index (Phi) is 10.3. The van der Waals surface area contributed by atoms with Crippen LogP contribution in [0.1, 0.15) is 59.8 Å². The van der Waals surface area contributed by atoms with Crippen LogP contribution in [-0.2, 0) is 4.79 Å². The van der Waals surface area contributed by atoms with Crippen molar-refractivity contribution in [1.82, 2.24) is 15.6 Å². The number of hydrogen-bond donors (Lipinski definition) is 4. The smallest absolute Gasteiger partial charge is 0.255 e. The molecule has 0 aliphatic rings. The van der Waals surface area contributed by atoms with Crippen LogP contribution < -0.4 is 15.4 Å². The minimum absolute atomic E-state index is 0.0289. The third-order valence-electron chi connectivity index (χ3n) is 6.54. The summed E-state index contributed by atoms with van der Waals surface area (Å²) in [5, 5.41) is 24.8. The predicted octanol–water partition coefficient (Wildman–Crippen LogP) is 4.36. The van der Waals surface area contributed by atoms with E-state index in [1.165, 1.54) is 31.6 Å². The van der Waals surface area contributed by atoms with Crippen molar-refractivity contribution in [2.75, 3.05) is 7.11 Å². The molecule has 2 atom stereocenters. The number of methoxy groups -OCH3 is 1. The van der Waals surface area contributed by atoms with Crippen LogP contribution >= 0.6 is 0 Å². The van der Waals surface area contributed by atoms with Crippen molar-refractivity contribution in [2.24, 2.45) is 5.92 Å². The van der Waals surface area contributed by atoms with E-state index in [0.717, 1.165) is 17.2 Å². The van der Waals surface area contributed by atoms with Crippen LogP contribution in [0.5, 0.6) is 5.75 Å². The minimum atomic E-state index is -1.93. The Bertz CT molecular complexity index is 1340. The van der Waals surface area contributed by atoms with Gasteiger partial charge < -0.3 is 25.6 Å². The van der Waals surface area contributed by atoms with E-state index in [2.05, 4.69) is 15.6 Å². The molecule has 1 aromatic heterocycles. The van der Waals surface area contributed by atoms with E-state index in [4.69, 9.17) is 4.74 Å². The average molecular weight is 556 g/mol. The number of benzene rings is 2. The molecule has 0 saturated carbocycles. The lowest BCUT2D eigenvalue weighted by Crippen LogP contribution is -2.48. The second kappa shape index (κ2) is 13.5. The van der Waals surface area contributed by atoms with E-state index in [9.17, 15) is 24.2 Å². The lowest BCUT2D eigenvalue weighted by atomic mass is 9.91. The van der Waals surface area contributed by atoms with E-state index in [-0.39, 0.29) is 29.2 Å². The summed E-state index contributed by atoms with van der Waals surface area (Å²) in [5.41, 5.74) is 2.68. The van der Waals surface area contributed by atoms with Gasteiger partial charge in [-0.3, -0.25) is 14.6 Å². The van der Waals surface area contributed by atoms with Gasteiger partial charge in [-0.1, -0.05) is 32.0 Å². The van der Waals surface area contributed by atoms with Gasteiger partial charge in [0.05, 0.1) is 24.9 Å². The maximum atomic E-state index is 15.2. The lowest BCUT2D eigenvalue weighted by Gasteiger charge is -2.26. The van der Waals surface area contributed by atoms with Crippen LogP contribution in [0.25, 0.3) is 11.1 Å². The maximum Gasteiger partial charge on any atom is 0.255 e. The third-order valence-corrected chi connectivity index (χ3v) is 6.54. The summed E-state index contributed by atoms with van der Waals surface area (Å²) in [6.45, 7) is 7.41. The van der Waals surface area contributed by atoms with E-state index in [0.29, 0.717) is 11.1 Å². The number of aromatic nitrogens is 1. The molecule has 0 spiro atoms. The maximum absolute atomic E-state index is 15.2. The predicted molar refractivity (Wildman–Crippen MR) is 146 cm³/mol. The molecule has 0 saturated heterocycles. The number of nitrogens with zero attached hydrogens (tertiary/aromatic N) is 1. The highest BCUT2D eigenvalue weighted by Crippen LogP contribution is 2.33. The van der Waals surface area contributed by atoms with Crippen molar-refractivity contribution < 1.29 is 33.3 Å². The summed E-state index contributed by atoms with van der Waals surface area (Å²) >= 11 is 0. The zero-order valence-corrected chi connectivity index (χ0v) is 23.2. The fourth-order valence-corrected chi connectivity index (χ4v) is 4.69. The van der Waals surface area contributed by atoms with Gasteiger partial charge in [-0.25, -0.2) is 8.78 Å². The Morgan fingerprint density at radius 2 is 1.70 bits per heavy atom. The van der Waals surface area contributed by atoms with Gasteiger partial charge in [0.15, 0.2) is 17.9 Å². The number of amides is 2. The quantitative estimate of drug-likeness (QED) is 0.261. The van der Waals surface area contributed by atoms with Crippen LogP contribution in [0.3, 0.4) is 0 Å². The number of halogens is 2. The molecule has 214 valence electrons. The number of aryl methyl sites for hydroxylation is 2. The van der Waals surface area contributed by atoms with Gasteiger partial charge in [-0.2, -0.15) is 0 Å². The van der Waals surface area contributed by atoms with Crippen molar-refractivity contribution in [1.29, 1.82) is 0 Å². The second-order valence-corrected chi connectivity index (χ2v) is 10.1. The van der Waals surface area contributed by atoms with Gasteiger partial charge in [0.25, 0.3) is 5.91 Å². The molecule has 3 aromatic rings. The highest BCUT2D eigenvalue weighted by molar-refractivity contribution is 5.99. The largest absolute Gasteiger partial charge is 0.494 e. The van der Waals surface area contributed by atoms with E-state index >= 15 is 4.39 Å². The highest BCUT2D eigenvalue weighted by Gasteiger charge is 2.29. The number of carbonyl (C=O) groups excluding carboxylic acids is 2. The zero-order valence-electron chi connectivity index (χ0n) is 23.2. The summed E-state index contributed by atoms with van der Waals surface area (Å²) in [6, 6.07) is 7.08. The van der Waals surface area contributed by atoms with Gasteiger partial charge in [0.1, 0.15) is 11.8 Å². The number of pyridine rings is 1. The molecule has 0 unspecified atom stereocenters. The molecule has 2 aromatic carbocycles. The van der Waals surface area contributed by atoms with Crippen LogP contribution in [0.15, 0.2) is 48.8 Å². The first kappa shape index (κ1) is 30.6. The fraction of sp³-hybridized carbons (Fsp3) is 0.367. The first-order valence-electron chi connectivity index (χ1n) is 12.9. The molecular formula is C30H35F2N3O5. The Balaban J connectivity index is 1.98. The number of aliphatic hydroxyl groups is 2. The van der Waals surface area contributed by atoms with Crippen LogP contribution in [0, 0.1) is 31.4 Å². The first-order chi connectivity index (χ1) is 18.9. The van der Waals surface area contributed by atoms with Crippen LogP contribution in [0.4, 0.5) is 8.78 Å². The van der Waals surface area contributed by atoms with Gasteiger partial charge in [0, 0.05) is 18.2 Å². The Morgan fingerprint density at radius 1 is 1.02 bits per heavy atom. The molecule has 3 rings (SSSR count). The number of rotatable bonds is 11. The first-order valence-corrected chi connectivity index (χ1v) is 12.9. The molecule has 0 aliphatic carbocycles. The van der Waals surface area contributed by atoms with Gasteiger partial charge in [-0.15, -0.1) is 0 Å². The molecule has 1 heterocycles. The minimum Gasteiger partial charge on any atom is -0.494 e. The summed E-state index contributed by atoms with van der Waals surface area (Å²) < 4.78 is 35.3. The monoisotopic (exact) mass is 555 g/mol. The molecule has 0 bridgehead atoms. The topological polar surface area (TPSA) is 121 Å². The Labute approximate surface area is 232 Å². The van der Waals surface area contributed by atoms with Crippen molar-refractivity contribution >= 4 is 11.8 Å². The van der Waals surface area contributed by atoms with Crippen molar-refractivity contribution in [2.45, 2.75) is 58.9 Å². The van der Waals surface area contributed by atoms with E-state index < -0.39 is 48.2 Å². The summed E-state index contributed by atoms with van der Waals surface area (Å²) in [7, 11) is 1.39. The van der Waals surface area contributed by atoms with Crippen LogP contribution in [-0.4, -0.2) is 46.5 Å². The van der Waals surface area contributed by atoms with Gasteiger partial charge >= 0.3 is 0 Å². The molecule has 0 radical (unpaired) electrons. The fourth-order valence-electron chi connectivity index (χ4n) is 4.69. The standard InChI is InChI=1S/C30H35F2N3O5/c1-16(2)11-24(35-29(38)20-9-10-33-15-25(20)40-5)30(39)34-23(14-26(36)37)21-12-19(13-22(31)28(21)32)27-17(3)7-6-8-18(27)4/h6-10,12-13,15-16,23-24,26,36-37H,11,14H2,1-5H3,(H,34,39)(H,35,38)/t23-,24-/m0/s1. The molecule has 10 heteroatoms. The Morgan fingerprint density at radius 3 is 2.30 bits per heavy atom. The van der Waals surface area contributed by atoms with Crippen molar-refractivity contribution in [3.63, 3.8) is 0 Å². The number of hydrogen-bond acceptors (Lipinski definition) is 6. The van der Waals surface area contributed by atoms with Gasteiger partial charge in [-0.05, 0) is 66.6 Å². The molecule has 4 N–H and O–H groups in total. The third kappa shape index (κ3) is 7.40. The number of aliphatic hydroxyl groups excluding tert-OH is 1. The number of carbonyl (C=O) groups is 2. The lowest BCUT2D eigenvalue weighted by molar-refractivity contribution is -0.125. The molecule has 0 aliphatic heterocycles. The van der Waals surface area contributed by atoms with Gasteiger partial charge in [0.2, 0.25) is 5.91 Å². The van der Waals surface area contributed by atoms with E-state index in [1.54, 1.807) is 0 Å². The molecule has 40 heavy (non-hydrogen) atoms. The second-order valence-electron chi connectivity index (χ2n) is 10.1. The van der Waals surface area contributed by atoms with Crippen molar-refractivity contribution in [3.05, 3.63) is 82.7 Å². The normalized spacial score (nSPS) is 12.8. The van der Waals surface area contributed by atoms with E-state index in [1.807, 2.05) is 45.9 Å². The zero-order chi connectivity index (χ0) is 29.6. The summed E-state index contributed by atoms with van der Waals surface area (Å²) in [4.78, 5) is 30.4. The molecule has 0 fully saturated rings. The highest BCUT2D eigenvalue weighted by atomic mass is 19.2. The molecule has 2 amide bonds. The van der Waals surface area contributed by atoms with Crippen LogP contribution in [0.2, 0.25) is 0 Å². The molecule has 8 nitrogen and oxygen atoms in total.